The van der Waals surface area contributed by atoms with Crippen LogP contribution in [0.1, 0.15) is 23.3 Å². The quantitative estimate of drug-likeness (QED) is 0.574. The lowest BCUT2D eigenvalue weighted by Crippen LogP contribution is -2.26. The highest BCUT2D eigenvalue weighted by Crippen LogP contribution is 2.38. The van der Waals surface area contributed by atoms with Crippen LogP contribution in [-0.4, -0.2) is 38.8 Å². The summed E-state index contributed by atoms with van der Waals surface area (Å²) < 4.78 is 1.67. The average molecular weight is 450 g/mol. The maximum Gasteiger partial charge on any atom is 0.357 e. The molecule has 1 atom stereocenters. The number of rotatable bonds is 4. The molecule has 0 bridgehead atoms. The summed E-state index contributed by atoms with van der Waals surface area (Å²) in [6.07, 6.45) is 2.28. The van der Waals surface area contributed by atoms with Gasteiger partial charge in [-0.3, -0.25) is 0 Å². The minimum atomic E-state index is -1.05. The second-order valence-corrected chi connectivity index (χ2v) is 9.24. The van der Waals surface area contributed by atoms with Crippen molar-refractivity contribution in [3.63, 3.8) is 0 Å². The molecule has 1 aliphatic rings. The zero-order chi connectivity index (χ0) is 18.1. The highest BCUT2D eigenvalue weighted by Gasteiger charge is 2.21. The zero-order valence-electron chi connectivity index (χ0n) is 13.7. The van der Waals surface area contributed by atoms with Crippen LogP contribution in [0.2, 0.25) is 0 Å². The van der Waals surface area contributed by atoms with Crippen LogP contribution < -0.4 is 5.32 Å². The topological polar surface area (TPSA) is 75.1 Å². The molecule has 1 aliphatic heterocycles. The van der Waals surface area contributed by atoms with Gasteiger partial charge in [0, 0.05) is 26.5 Å². The van der Waals surface area contributed by atoms with E-state index in [2.05, 4.69) is 31.4 Å². The van der Waals surface area contributed by atoms with Crippen LogP contribution in [0.4, 0.5) is 5.82 Å². The zero-order valence-corrected chi connectivity index (χ0v) is 17.0. The number of hydrogen-bond acceptors (Lipinski definition) is 6. The minimum Gasteiger partial charge on any atom is -0.476 e. The van der Waals surface area contributed by atoms with Crippen molar-refractivity contribution >= 4 is 60.9 Å². The summed E-state index contributed by atoms with van der Waals surface area (Å²) in [5.74, 6) is 1.86. The van der Waals surface area contributed by atoms with Crippen molar-refractivity contribution < 1.29 is 9.90 Å². The number of aromatic nitrogens is 2. The van der Waals surface area contributed by atoms with E-state index in [9.17, 15) is 9.90 Å². The summed E-state index contributed by atoms with van der Waals surface area (Å²) in [6, 6.07) is 10.3. The van der Waals surface area contributed by atoms with Crippen molar-refractivity contribution in [3.05, 3.63) is 40.5 Å². The Morgan fingerprint density at radius 2 is 2.08 bits per heavy atom. The molecule has 3 aromatic rings. The number of carbonyl (C=O) groups is 1. The molecule has 1 unspecified atom stereocenters. The molecule has 134 valence electrons. The van der Waals surface area contributed by atoms with Crippen molar-refractivity contribution in [2.24, 2.45) is 0 Å². The first-order chi connectivity index (χ1) is 12.6. The number of carboxylic acids is 1. The Morgan fingerprint density at radius 3 is 2.77 bits per heavy atom. The summed E-state index contributed by atoms with van der Waals surface area (Å²) >= 11 is 6.82. The third-order valence-corrected chi connectivity index (χ3v) is 7.22. The number of anilines is 1. The van der Waals surface area contributed by atoms with E-state index in [1.165, 1.54) is 23.5 Å². The molecule has 0 saturated carbocycles. The van der Waals surface area contributed by atoms with Crippen LogP contribution in [0.3, 0.4) is 0 Å². The predicted molar refractivity (Wildman–Crippen MR) is 111 cm³/mol. The van der Waals surface area contributed by atoms with Gasteiger partial charge < -0.3 is 10.4 Å². The number of nitrogens with zero attached hydrogens (tertiary/aromatic N) is 2. The van der Waals surface area contributed by atoms with E-state index >= 15 is 0 Å². The van der Waals surface area contributed by atoms with E-state index in [4.69, 9.17) is 0 Å². The first-order valence-corrected chi connectivity index (χ1v) is 11.0. The Hall–Kier alpha value is -1.64. The highest BCUT2D eigenvalue weighted by atomic mass is 79.9. The van der Waals surface area contributed by atoms with Crippen molar-refractivity contribution in [1.82, 2.24) is 10.2 Å². The fraction of sp³-hybridized carbons (Fsp3) is 0.278. The van der Waals surface area contributed by atoms with Crippen LogP contribution >= 0.6 is 39.0 Å². The molecule has 0 amide bonds. The highest BCUT2D eigenvalue weighted by molar-refractivity contribution is 9.10. The molecule has 4 rings (SSSR count). The van der Waals surface area contributed by atoms with Gasteiger partial charge in [-0.25, -0.2) is 4.79 Å². The summed E-state index contributed by atoms with van der Waals surface area (Å²) in [4.78, 5) is 12.6. The minimum absolute atomic E-state index is 0.0110. The number of nitrogens with one attached hydrogen (secondary N) is 1. The molecule has 0 aliphatic carbocycles. The number of benzene rings is 1. The number of thiophene rings is 1. The van der Waals surface area contributed by atoms with Crippen molar-refractivity contribution in [1.29, 1.82) is 0 Å². The molecule has 1 saturated heterocycles. The molecule has 1 aromatic carbocycles. The maximum atomic E-state index is 11.6. The van der Waals surface area contributed by atoms with E-state index in [0.29, 0.717) is 16.6 Å². The van der Waals surface area contributed by atoms with Crippen LogP contribution in [0.25, 0.3) is 20.5 Å². The molecule has 26 heavy (non-hydrogen) atoms. The lowest BCUT2D eigenvalue weighted by atomic mass is 10.1. The fourth-order valence-electron chi connectivity index (χ4n) is 2.99. The normalized spacial score (nSPS) is 17.3. The second kappa shape index (κ2) is 7.54. The van der Waals surface area contributed by atoms with Gasteiger partial charge in [-0.1, -0.05) is 28.1 Å². The van der Waals surface area contributed by atoms with Gasteiger partial charge in [0.1, 0.15) is 0 Å². The van der Waals surface area contributed by atoms with Gasteiger partial charge in [0.05, 0.1) is 4.70 Å². The van der Waals surface area contributed by atoms with E-state index in [1.54, 1.807) is 0 Å². The van der Waals surface area contributed by atoms with Crippen molar-refractivity contribution in [2.45, 2.75) is 18.9 Å². The van der Waals surface area contributed by atoms with Crippen LogP contribution in [-0.2, 0) is 0 Å². The molecule has 2 aromatic heterocycles. The lowest BCUT2D eigenvalue weighted by molar-refractivity contribution is 0.0692. The molecule has 8 heteroatoms. The molecule has 1 fully saturated rings. The van der Waals surface area contributed by atoms with Crippen molar-refractivity contribution in [3.8, 4) is 10.4 Å². The second-order valence-electron chi connectivity index (χ2n) is 6.12. The molecular weight excluding hydrogens is 434 g/mol. The van der Waals surface area contributed by atoms with Gasteiger partial charge in [0.15, 0.2) is 11.5 Å². The molecular formula is C18H16BrN3O2S2. The SMILES string of the molecule is O=C(O)c1nnc(NC2CCCSC2)c2cc(-c3ccc(Br)cc3)sc12. The Labute approximate surface area is 167 Å². The third-order valence-electron chi connectivity index (χ3n) is 4.28. The van der Waals surface area contributed by atoms with E-state index in [-0.39, 0.29) is 5.69 Å². The fourth-order valence-corrected chi connectivity index (χ4v) is 5.47. The molecule has 0 radical (unpaired) electrons. The summed E-state index contributed by atoms with van der Waals surface area (Å²) in [5.41, 5.74) is 1.06. The first kappa shape index (κ1) is 17.8. The Bertz CT molecular complexity index is 953. The molecule has 3 heterocycles. The molecule has 5 nitrogen and oxygen atoms in total. The standard InChI is InChI=1S/C18H16BrN3O2S2/c19-11-5-3-10(4-6-11)14-8-13-16(26-14)15(18(23)24)21-22-17(13)20-12-2-1-7-25-9-12/h3-6,8,12H,1-2,7,9H2,(H,20,22)(H,23,24). The number of thioether (sulfide) groups is 1. The number of fused-ring (bicyclic) bond motifs is 1. The Balaban J connectivity index is 1.78. The van der Waals surface area contributed by atoms with E-state index in [0.717, 1.165) is 32.5 Å². The first-order valence-electron chi connectivity index (χ1n) is 8.25. The van der Waals surface area contributed by atoms with Gasteiger partial charge >= 0.3 is 5.97 Å². The van der Waals surface area contributed by atoms with Crippen LogP contribution in [0.15, 0.2) is 34.8 Å². The van der Waals surface area contributed by atoms with E-state index < -0.39 is 5.97 Å². The monoisotopic (exact) mass is 449 g/mol. The maximum absolute atomic E-state index is 11.6. The van der Waals surface area contributed by atoms with Crippen molar-refractivity contribution in [2.75, 3.05) is 16.8 Å². The van der Waals surface area contributed by atoms with Gasteiger partial charge in [-0.15, -0.1) is 21.5 Å². The largest absolute Gasteiger partial charge is 0.476 e. The smallest absolute Gasteiger partial charge is 0.357 e. The third kappa shape index (κ3) is 3.58. The van der Waals surface area contributed by atoms with Gasteiger partial charge in [-0.05, 0) is 42.4 Å². The molecule has 0 spiro atoms. The molecule has 2 N–H and O–H groups in total. The van der Waals surface area contributed by atoms with Gasteiger partial charge in [0.2, 0.25) is 0 Å². The Morgan fingerprint density at radius 1 is 1.27 bits per heavy atom. The van der Waals surface area contributed by atoms with Gasteiger partial charge in [0.25, 0.3) is 0 Å². The number of halogens is 1. The summed E-state index contributed by atoms with van der Waals surface area (Å²) in [5, 5.41) is 22.0. The number of hydrogen-bond donors (Lipinski definition) is 2. The van der Waals surface area contributed by atoms with Crippen LogP contribution in [0, 0.1) is 0 Å². The van der Waals surface area contributed by atoms with Crippen LogP contribution in [0.5, 0.6) is 0 Å². The number of aromatic carboxylic acids is 1. The summed E-state index contributed by atoms with van der Waals surface area (Å²) in [6.45, 7) is 0. The summed E-state index contributed by atoms with van der Waals surface area (Å²) in [7, 11) is 0. The predicted octanol–water partition coefficient (Wildman–Crippen LogP) is 5.13. The average Bonchev–Trinajstić information content (AvgIpc) is 3.09. The number of carboxylic acid groups (broad SMARTS) is 1. The Kier molecular flexibility index (Phi) is 5.15. The van der Waals surface area contributed by atoms with Gasteiger partial charge in [-0.2, -0.15) is 11.8 Å². The van der Waals surface area contributed by atoms with E-state index in [1.807, 2.05) is 42.1 Å². The lowest BCUT2D eigenvalue weighted by Gasteiger charge is -2.23.